The number of hydrogen-bond donors (Lipinski definition) is 1. The van der Waals surface area contributed by atoms with Gasteiger partial charge in [-0.05, 0) is 98.0 Å². The van der Waals surface area contributed by atoms with Crippen molar-refractivity contribution in [2.24, 2.45) is 0 Å². The third kappa shape index (κ3) is 4.15. The molecule has 1 aromatic heterocycles. The molecule has 0 saturated heterocycles. The van der Waals surface area contributed by atoms with Crippen molar-refractivity contribution in [1.82, 2.24) is 0 Å². The number of fused-ring (bicyclic) bond motifs is 1. The van der Waals surface area contributed by atoms with Gasteiger partial charge in [-0.3, -0.25) is 4.79 Å². The predicted molar refractivity (Wildman–Crippen MR) is 128 cm³/mol. The van der Waals surface area contributed by atoms with Gasteiger partial charge in [-0.1, -0.05) is 17.7 Å². The molecular weight excluding hydrogens is 388 g/mol. The van der Waals surface area contributed by atoms with E-state index in [4.69, 9.17) is 0 Å². The van der Waals surface area contributed by atoms with E-state index in [9.17, 15) is 4.79 Å². The lowest BCUT2D eigenvalue weighted by molar-refractivity contribution is -0.115. The van der Waals surface area contributed by atoms with Crippen molar-refractivity contribution < 1.29 is 4.79 Å². The first kappa shape index (κ1) is 20.7. The third-order valence-corrected chi connectivity index (χ3v) is 7.16. The molecule has 4 rings (SSSR count). The molecule has 0 aliphatic carbocycles. The number of aryl methyl sites for hydroxylation is 5. The Labute approximate surface area is 183 Å². The number of thiophene rings is 1. The molecule has 2 aromatic carbocycles. The van der Waals surface area contributed by atoms with E-state index in [1.807, 2.05) is 11.3 Å². The number of anilines is 2. The topological polar surface area (TPSA) is 32.3 Å². The van der Waals surface area contributed by atoms with Crippen LogP contribution < -0.4 is 10.2 Å². The summed E-state index contributed by atoms with van der Waals surface area (Å²) in [5, 5.41) is 5.38. The molecule has 1 N–H and O–H groups in total. The molecule has 30 heavy (non-hydrogen) atoms. The smallest absolute Gasteiger partial charge is 0.228 e. The van der Waals surface area contributed by atoms with Crippen LogP contribution in [0.3, 0.4) is 0 Å². The summed E-state index contributed by atoms with van der Waals surface area (Å²) in [6.07, 6.45) is 1.52. The summed E-state index contributed by atoms with van der Waals surface area (Å²) >= 11 is 1.87. The lowest BCUT2D eigenvalue weighted by atomic mass is 9.97. The van der Waals surface area contributed by atoms with E-state index in [0.29, 0.717) is 6.42 Å². The molecule has 4 heteroatoms. The van der Waals surface area contributed by atoms with Crippen molar-refractivity contribution in [1.29, 1.82) is 0 Å². The van der Waals surface area contributed by atoms with Crippen LogP contribution in [0, 0.1) is 34.6 Å². The van der Waals surface area contributed by atoms with Gasteiger partial charge in [0.1, 0.15) is 0 Å². The molecule has 3 nitrogen and oxygen atoms in total. The number of carbonyl (C=O) groups excluding carboxylic acids is 1. The summed E-state index contributed by atoms with van der Waals surface area (Å²) < 4.78 is 0. The van der Waals surface area contributed by atoms with E-state index in [1.165, 1.54) is 32.8 Å². The molecule has 0 unspecified atom stereocenters. The number of rotatable bonds is 4. The zero-order valence-electron chi connectivity index (χ0n) is 18.6. The average Bonchev–Trinajstić information content (AvgIpc) is 3.15. The van der Waals surface area contributed by atoms with Crippen molar-refractivity contribution in [2.45, 2.75) is 54.0 Å². The highest BCUT2D eigenvalue weighted by molar-refractivity contribution is 7.10. The van der Waals surface area contributed by atoms with E-state index in [0.717, 1.165) is 41.9 Å². The van der Waals surface area contributed by atoms with Gasteiger partial charge in [0.2, 0.25) is 5.91 Å². The maximum absolute atomic E-state index is 12.8. The van der Waals surface area contributed by atoms with E-state index < -0.39 is 0 Å². The Hall–Kier alpha value is -2.59. The Morgan fingerprint density at radius 2 is 1.67 bits per heavy atom. The van der Waals surface area contributed by atoms with Gasteiger partial charge in [0, 0.05) is 29.3 Å². The highest BCUT2D eigenvalue weighted by Gasteiger charge is 2.19. The van der Waals surface area contributed by atoms with Gasteiger partial charge < -0.3 is 10.2 Å². The largest absolute Gasteiger partial charge is 0.367 e. The highest BCUT2D eigenvalue weighted by atomic mass is 32.1. The van der Waals surface area contributed by atoms with Gasteiger partial charge in [-0.15, -0.1) is 11.3 Å². The minimum atomic E-state index is 0.0462. The third-order valence-electron chi connectivity index (χ3n) is 6.13. The summed E-state index contributed by atoms with van der Waals surface area (Å²) in [4.78, 5) is 16.8. The first-order chi connectivity index (χ1) is 14.3. The van der Waals surface area contributed by atoms with E-state index in [2.05, 4.69) is 80.5 Å². The Morgan fingerprint density at radius 1 is 1.00 bits per heavy atom. The summed E-state index contributed by atoms with van der Waals surface area (Å²) in [6, 6.07) is 11.0. The molecule has 156 valence electrons. The Bertz CT molecular complexity index is 1070. The second kappa shape index (κ2) is 8.27. The SMILES string of the molecule is Cc1cc(C)c(CC(=O)Nc2c(C)cc(N3CCc4sccc4C3)cc2C)c(C)c1. The Kier molecular flexibility index (Phi) is 5.70. The number of nitrogens with one attached hydrogen (secondary N) is 1. The van der Waals surface area contributed by atoms with Crippen LogP contribution in [0.15, 0.2) is 35.7 Å². The van der Waals surface area contributed by atoms with Gasteiger partial charge in [0.05, 0.1) is 6.42 Å². The Morgan fingerprint density at radius 3 is 2.33 bits per heavy atom. The summed E-state index contributed by atoms with van der Waals surface area (Å²) in [5.41, 5.74) is 10.6. The molecule has 0 atom stereocenters. The summed E-state index contributed by atoms with van der Waals surface area (Å²) in [7, 11) is 0. The maximum atomic E-state index is 12.8. The molecule has 0 fully saturated rings. The van der Waals surface area contributed by atoms with Crippen LogP contribution in [0.4, 0.5) is 11.4 Å². The molecule has 0 spiro atoms. The zero-order valence-corrected chi connectivity index (χ0v) is 19.4. The molecule has 3 aromatic rings. The van der Waals surface area contributed by atoms with Gasteiger partial charge in [0.15, 0.2) is 0 Å². The molecule has 1 aliphatic heterocycles. The maximum Gasteiger partial charge on any atom is 0.228 e. The van der Waals surface area contributed by atoms with E-state index in [1.54, 1.807) is 0 Å². The van der Waals surface area contributed by atoms with Crippen LogP contribution in [0.2, 0.25) is 0 Å². The van der Waals surface area contributed by atoms with Gasteiger partial charge in [-0.25, -0.2) is 0 Å². The number of amides is 1. The average molecular weight is 419 g/mol. The first-order valence-corrected chi connectivity index (χ1v) is 11.5. The minimum Gasteiger partial charge on any atom is -0.367 e. The van der Waals surface area contributed by atoms with E-state index >= 15 is 0 Å². The molecule has 0 radical (unpaired) electrons. The second-order valence-corrected chi connectivity index (χ2v) is 9.60. The van der Waals surface area contributed by atoms with Crippen molar-refractivity contribution >= 4 is 28.6 Å². The van der Waals surface area contributed by atoms with Crippen LogP contribution in [0.25, 0.3) is 0 Å². The van der Waals surface area contributed by atoms with Crippen molar-refractivity contribution in [3.05, 3.63) is 79.5 Å². The molecule has 0 bridgehead atoms. The normalized spacial score (nSPS) is 13.3. The van der Waals surface area contributed by atoms with Crippen LogP contribution >= 0.6 is 11.3 Å². The number of nitrogens with zero attached hydrogens (tertiary/aromatic N) is 1. The minimum absolute atomic E-state index is 0.0462. The predicted octanol–water partition coefficient (Wildman–Crippen LogP) is 6.03. The van der Waals surface area contributed by atoms with Crippen molar-refractivity contribution in [3.63, 3.8) is 0 Å². The molecule has 2 heterocycles. The fraction of sp³-hybridized carbons (Fsp3) is 0.346. The fourth-order valence-electron chi connectivity index (χ4n) is 4.62. The quantitative estimate of drug-likeness (QED) is 0.561. The van der Waals surface area contributed by atoms with Crippen molar-refractivity contribution in [3.8, 4) is 0 Å². The van der Waals surface area contributed by atoms with Crippen molar-refractivity contribution in [2.75, 3.05) is 16.8 Å². The fourth-order valence-corrected chi connectivity index (χ4v) is 5.51. The monoisotopic (exact) mass is 418 g/mol. The zero-order chi connectivity index (χ0) is 21.4. The summed E-state index contributed by atoms with van der Waals surface area (Å²) in [5.74, 6) is 0.0462. The first-order valence-electron chi connectivity index (χ1n) is 10.6. The summed E-state index contributed by atoms with van der Waals surface area (Å²) in [6.45, 7) is 12.5. The second-order valence-electron chi connectivity index (χ2n) is 8.60. The van der Waals surface area contributed by atoms with Gasteiger partial charge >= 0.3 is 0 Å². The molecule has 1 amide bonds. The highest BCUT2D eigenvalue weighted by Crippen LogP contribution is 2.32. The Balaban J connectivity index is 1.51. The molecule has 0 saturated carbocycles. The lowest BCUT2D eigenvalue weighted by Gasteiger charge is -2.30. The van der Waals surface area contributed by atoms with Crippen LogP contribution in [0.5, 0.6) is 0 Å². The van der Waals surface area contributed by atoms with Crippen LogP contribution in [-0.4, -0.2) is 12.5 Å². The lowest BCUT2D eigenvalue weighted by Crippen LogP contribution is -2.29. The van der Waals surface area contributed by atoms with Gasteiger partial charge in [0.25, 0.3) is 0 Å². The van der Waals surface area contributed by atoms with Crippen LogP contribution in [-0.2, 0) is 24.2 Å². The number of carbonyl (C=O) groups is 1. The van der Waals surface area contributed by atoms with E-state index in [-0.39, 0.29) is 5.91 Å². The van der Waals surface area contributed by atoms with Gasteiger partial charge in [-0.2, -0.15) is 0 Å². The number of hydrogen-bond acceptors (Lipinski definition) is 3. The molecule has 1 aliphatic rings. The standard InChI is InChI=1S/C26H30N2OS/c1-16-10-17(2)23(18(3)11-16)14-25(29)27-26-19(4)12-22(13-20(26)5)28-8-6-24-21(15-28)7-9-30-24/h7,9-13H,6,8,14-15H2,1-5H3,(H,27,29). The number of benzene rings is 2. The van der Waals surface area contributed by atoms with Crippen LogP contribution in [0.1, 0.15) is 43.8 Å². The molecular formula is C26H30N2OS.